The van der Waals surface area contributed by atoms with E-state index in [0.29, 0.717) is 6.01 Å². The molecule has 1 aromatic heterocycles. The van der Waals surface area contributed by atoms with Crippen molar-refractivity contribution < 1.29 is 9.21 Å². The van der Waals surface area contributed by atoms with Crippen molar-refractivity contribution in [1.29, 1.82) is 0 Å². The predicted octanol–water partition coefficient (Wildman–Crippen LogP) is 4.30. The summed E-state index contributed by atoms with van der Waals surface area (Å²) in [6.07, 6.45) is 1.60. The third kappa shape index (κ3) is 3.17. The van der Waals surface area contributed by atoms with Gasteiger partial charge in [-0.05, 0) is 56.0 Å². The van der Waals surface area contributed by atoms with E-state index < -0.39 is 0 Å². The highest BCUT2D eigenvalue weighted by molar-refractivity contribution is 5.93. The average Bonchev–Trinajstić information content (AvgIpc) is 3.10. The lowest BCUT2D eigenvalue weighted by atomic mass is 9.95. The second kappa shape index (κ2) is 6.83. The number of oxazole rings is 1. The Morgan fingerprint density at radius 1 is 1.12 bits per heavy atom. The fourth-order valence-electron chi connectivity index (χ4n) is 3.45. The Balaban J connectivity index is 1.40. The molecule has 0 unspecified atom stereocenters. The van der Waals surface area contributed by atoms with Gasteiger partial charge in [0.25, 0.3) is 6.01 Å². The van der Waals surface area contributed by atoms with Crippen molar-refractivity contribution in [3.8, 4) is 0 Å². The number of aromatic nitrogens is 1. The molecule has 5 nitrogen and oxygen atoms in total. The number of carbonyl (C=O) groups excluding carboxylic acids is 1. The van der Waals surface area contributed by atoms with Crippen molar-refractivity contribution in [1.82, 2.24) is 4.98 Å². The maximum atomic E-state index is 12.6. The number of hydrogen-bond acceptors (Lipinski definition) is 4. The SMILES string of the molecule is Cc1cccc(NC(=O)C2CCN(c3nc4ccccc4o3)CC2)c1C. The Bertz CT molecular complexity index is 906. The number of anilines is 2. The highest BCUT2D eigenvalue weighted by atomic mass is 16.4. The zero-order valence-corrected chi connectivity index (χ0v) is 15.2. The van der Waals surface area contributed by atoms with E-state index in [-0.39, 0.29) is 11.8 Å². The number of aryl methyl sites for hydroxylation is 1. The number of nitrogens with one attached hydrogen (secondary N) is 1. The summed E-state index contributed by atoms with van der Waals surface area (Å²) in [6.45, 7) is 5.65. The van der Waals surface area contributed by atoms with Gasteiger partial charge in [0.2, 0.25) is 5.91 Å². The van der Waals surface area contributed by atoms with Crippen LogP contribution >= 0.6 is 0 Å². The second-order valence-corrected chi connectivity index (χ2v) is 6.96. The number of para-hydroxylation sites is 2. The molecule has 0 bridgehead atoms. The minimum Gasteiger partial charge on any atom is -0.423 e. The molecule has 2 heterocycles. The van der Waals surface area contributed by atoms with Crippen LogP contribution in [0, 0.1) is 19.8 Å². The van der Waals surface area contributed by atoms with Crippen LogP contribution in [0.25, 0.3) is 11.1 Å². The molecular weight excluding hydrogens is 326 g/mol. The van der Waals surface area contributed by atoms with Gasteiger partial charge >= 0.3 is 0 Å². The Hall–Kier alpha value is -2.82. The topological polar surface area (TPSA) is 58.4 Å². The number of benzene rings is 2. The molecule has 2 aromatic carbocycles. The van der Waals surface area contributed by atoms with E-state index in [4.69, 9.17) is 4.42 Å². The zero-order chi connectivity index (χ0) is 18.1. The highest BCUT2D eigenvalue weighted by Crippen LogP contribution is 2.27. The third-order valence-corrected chi connectivity index (χ3v) is 5.28. The van der Waals surface area contributed by atoms with E-state index in [1.54, 1.807) is 0 Å². The molecular formula is C21H23N3O2. The number of fused-ring (bicyclic) bond motifs is 1. The van der Waals surface area contributed by atoms with E-state index in [2.05, 4.69) is 28.2 Å². The second-order valence-electron chi connectivity index (χ2n) is 6.96. The summed E-state index contributed by atoms with van der Waals surface area (Å²) in [5.41, 5.74) is 4.91. The van der Waals surface area contributed by atoms with E-state index in [1.165, 1.54) is 5.56 Å². The molecule has 1 fully saturated rings. The van der Waals surface area contributed by atoms with Crippen molar-refractivity contribution in [3.63, 3.8) is 0 Å². The van der Waals surface area contributed by atoms with Gasteiger partial charge < -0.3 is 14.6 Å². The summed E-state index contributed by atoms with van der Waals surface area (Å²) in [7, 11) is 0. The standard InChI is InChI=1S/C21H23N3O2/c1-14-6-5-8-17(15(14)2)22-20(25)16-10-12-24(13-11-16)21-23-18-7-3-4-9-19(18)26-21/h3-9,16H,10-13H2,1-2H3,(H,22,25). The van der Waals surface area contributed by atoms with Crippen molar-refractivity contribution in [2.75, 3.05) is 23.3 Å². The summed E-state index contributed by atoms with van der Waals surface area (Å²) in [4.78, 5) is 19.3. The molecule has 1 N–H and O–H groups in total. The smallest absolute Gasteiger partial charge is 0.298 e. The van der Waals surface area contributed by atoms with Crippen molar-refractivity contribution in [2.24, 2.45) is 5.92 Å². The lowest BCUT2D eigenvalue weighted by Gasteiger charge is -2.30. The average molecular weight is 349 g/mol. The maximum absolute atomic E-state index is 12.6. The van der Waals surface area contributed by atoms with Crippen LogP contribution in [0.1, 0.15) is 24.0 Å². The summed E-state index contributed by atoms with van der Waals surface area (Å²) in [6, 6.07) is 14.4. The Labute approximate surface area is 153 Å². The molecule has 1 saturated heterocycles. The normalized spacial score (nSPS) is 15.4. The molecule has 3 aromatic rings. The van der Waals surface area contributed by atoms with E-state index in [9.17, 15) is 4.79 Å². The fraction of sp³-hybridized carbons (Fsp3) is 0.333. The Morgan fingerprint density at radius 3 is 2.65 bits per heavy atom. The van der Waals surface area contributed by atoms with Crippen LogP contribution in [0.2, 0.25) is 0 Å². The van der Waals surface area contributed by atoms with Crippen LogP contribution in [0.3, 0.4) is 0 Å². The molecule has 0 spiro atoms. The summed E-state index contributed by atoms with van der Waals surface area (Å²) in [5, 5.41) is 3.10. The van der Waals surface area contributed by atoms with Gasteiger partial charge in [-0.15, -0.1) is 0 Å². The highest BCUT2D eigenvalue weighted by Gasteiger charge is 2.27. The van der Waals surface area contributed by atoms with Gasteiger partial charge in [0.15, 0.2) is 5.58 Å². The number of rotatable bonds is 3. The largest absolute Gasteiger partial charge is 0.423 e. The van der Waals surface area contributed by atoms with Crippen LogP contribution in [0.15, 0.2) is 46.9 Å². The molecule has 5 heteroatoms. The molecule has 1 aliphatic heterocycles. The molecule has 1 aliphatic rings. The monoisotopic (exact) mass is 349 g/mol. The van der Waals surface area contributed by atoms with Crippen LogP contribution in [-0.4, -0.2) is 24.0 Å². The fourth-order valence-corrected chi connectivity index (χ4v) is 3.45. The molecule has 1 amide bonds. The summed E-state index contributed by atoms with van der Waals surface area (Å²) >= 11 is 0. The van der Waals surface area contributed by atoms with Gasteiger partial charge in [0.1, 0.15) is 5.52 Å². The molecule has 4 rings (SSSR count). The van der Waals surface area contributed by atoms with Crippen molar-refractivity contribution in [2.45, 2.75) is 26.7 Å². The van der Waals surface area contributed by atoms with E-state index >= 15 is 0 Å². The number of nitrogens with zero attached hydrogens (tertiary/aromatic N) is 2. The maximum Gasteiger partial charge on any atom is 0.298 e. The lowest BCUT2D eigenvalue weighted by Crippen LogP contribution is -2.38. The number of amides is 1. The quantitative estimate of drug-likeness (QED) is 0.766. The van der Waals surface area contributed by atoms with Gasteiger partial charge in [0.05, 0.1) is 0 Å². The summed E-state index contributed by atoms with van der Waals surface area (Å²) in [5.74, 6) is 0.131. The number of hydrogen-bond donors (Lipinski definition) is 1. The molecule has 0 saturated carbocycles. The molecule has 0 radical (unpaired) electrons. The van der Waals surface area contributed by atoms with E-state index in [1.807, 2.05) is 43.3 Å². The molecule has 0 atom stereocenters. The predicted molar refractivity (Wildman–Crippen MR) is 103 cm³/mol. The van der Waals surface area contributed by atoms with Crippen LogP contribution in [-0.2, 0) is 4.79 Å². The lowest BCUT2D eigenvalue weighted by molar-refractivity contribution is -0.120. The van der Waals surface area contributed by atoms with Crippen LogP contribution in [0.4, 0.5) is 11.7 Å². The first-order chi connectivity index (χ1) is 12.6. The Morgan fingerprint density at radius 2 is 1.88 bits per heavy atom. The molecule has 0 aliphatic carbocycles. The minimum atomic E-state index is 0.0236. The van der Waals surface area contributed by atoms with Crippen molar-refractivity contribution in [3.05, 3.63) is 53.6 Å². The molecule has 26 heavy (non-hydrogen) atoms. The first-order valence-corrected chi connectivity index (χ1v) is 9.09. The van der Waals surface area contributed by atoms with Crippen LogP contribution in [0.5, 0.6) is 0 Å². The summed E-state index contributed by atoms with van der Waals surface area (Å²) < 4.78 is 5.84. The number of piperidine rings is 1. The number of carbonyl (C=O) groups is 1. The van der Waals surface area contributed by atoms with Gasteiger partial charge in [-0.3, -0.25) is 4.79 Å². The van der Waals surface area contributed by atoms with Gasteiger partial charge in [-0.1, -0.05) is 24.3 Å². The van der Waals surface area contributed by atoms with Gasteiger partial charge in [-0.2, -0.15) is 4.98 Å². The zero-order valence-electron chi connectivity index (χ0n) is 15.2. The van der Waals surface area contributed by atoms with Crippen molar-refractivity contribution >= 4 is 28.7 Å². The minimum absolute atomic E-state index is 0.0236. The Kier molecular flexibility index (Phi) is 4.37. The van der Waals surface area contributed by atoms with Gasteiger partial charge in [0, 0.05) is 24.7 Å². The first-order valence-electron chi connectivity index (χ1n) is 9.09. The molecule has 134 valence electrons. The van der Waals surface area contributed by atoms with E-state index in [0.717, 1.165) is 48.3 Å². The van der Waals surface area contributed by atoms with Gasteiger partial charge in [-0.25, -0.2) is 0 Å². The third-order valence-electron chi connectivity index (χ3n) is 5.28. The van der Waals surface area contributed by atoms with Crippen LogP contribution < -0.4 is 10.2 Å². The first kappa shape index (κ1) is 16.6.